The van der Waals surface area contributed by atoms with Crippen LogP contribution < -0.4 is 26.6 Å². The molecule has 0 aliphatic carbocycles. The number of benzene rings is 2. The van der Waals surface area contributed by atoms with Crippen LogP contribution in [0.15, 0.2) is 69.9 Å². The molecule has 6 rings (SSSR count). The Bertz CT molecular complexity index is 1830. The number of likely N-dealkylation sites (tertiary alicyclic amines) is 1. The van der Waals surface area contributed by atoms with Crippen LogP contribution in [-0.2, 0) is 22.6 Å². The zero-order chi connectivity index (χ0) is 39.8. The van der Waals surface area contributed by atoms with Crippen LogP contribution in [-0.4, -0.2) is 126 Å². The lowest BCUT2D eigenvalue weighted by molar-refractivity contribution is -0.137. The number of urea groups is 2. The molecule has 0 radical (unpaired) electrons. The fraction of sp³-hybridized carbons (Fsp3) is 0.475. The van der Waals surface area contributed by atoms with Gasteiger partial charge in [0.05, 0.1) is 5.69 Å². The van der Waals surface area contributed by atoms with E-state index in [0.717, 1.165) is 41.9 Å². The molecule has 56 heavy (non-hydrogen) atoms. The summed E-state index contributed by atoms with van der Waals surface area (Å²) in [6.45, 7) is 4.63. The van der Waals surface area contributed by atoms with E-state index in [9.17, 15) is 19.2 Å². The summed E-state index contributed by atoms with van der Waals surface area (Å²) in [6, 6.07) is 13.1. The van der Waals surface area contributed by atoms with Gasteiger partial charge < -0.3 is 46.2 Å². The number of rotatable bonds is 13. The molecule has 0 bridgehead atoms. The molecule has 0 saturated carbocycles. The van der Waals surface area contributed by atoms with Crippen molar-refractivity contribution in [3.05, 3.63) is 81.0 Å². The molecule has 3 aromatic rings. The lowest BCUT2D eigenvalue weighted by atomic mass is 10.0. The topological polar surface area (TPSA) is 159 Å². The van der Waals surface area contributed by atoms with Gasteiger partial charge in [0.1, 0.15) is 12.1 Å². The summed E-state index contributed by atoms with van der Waals surface area (Å²) >= 11 is 7.03. The van der Waals surface area contributed by atoms with Gasteiger partial charge in [0, 0.05) is 91.0 Å². The monoisotopic (exact) mass is 894 g/mol. The van der Waals surface area contributed by atoms with Crippen molar-refractivity contribution in [3.8, 4) is 0 Å². The van der Waals surface area contributed by atoms with Crippen LogP contribution in [0, 0.1) is 0 Å². The molecule has 2 saturated heterocycles. The molecule has 0 unspecified atom stereocenters. The number of piperazine rings is 1. The number of nitrogens with zero attached hydrogens (tertiary/aromatic N) is 6. The van der Waals surface area contributed by atoms with Crippen molar-refractivity contribution < 1.29 is 19.2 Å². The zero-order valence-corrected chi connectivity index (χ0v) is 35.2. The van der Waals surface area contributed by atoms with Crippen LogP contribution in [0.25, 0.3) is 0 Å². The number of aromatic nitrogens is 1. The minimum atomic E-state index is -0.979. The van der Waals surface area contributed by atoms with Crippen LogP contribution in [0.5, 0.6) is 0 Å². The van der Waals surface area contributed by atoms with Crippen LogP contribution in [0.1, 0.15) is 43.2 Å². The van der Waals surface area contributed by atoms with E-state index < -0.39 is 18.0 Å². The molecule has 14 nitrogen and oxygen atoms in total. The molecule has 4 heterocycles. The standard InChI is InChI=1S/C40H52Br2N10O4/c1-48(2)16-6-5-9-34(38(54)50-21-19-49(20-22-50)29-10-14-44-15-11-29)45-37(53)35(25-27-23-31(41)36(43)32(42)24-27)47-39(55)51-17-12-30(13-18-51)52-26-28-7-3-4-8-33(28)46-40(52)56/h3-4,7-8,10-11,14-15,23-24,30,34-35H,5-6,9,12-13,16-22,25-26,43H2,1-2H3,(H,45,53)(H,46,56)(H,47,55)/t34-,35+/m0/s1. The number of amides is 6. The number of carbonyl (C=O) groups excluding carboxylic acids is 4. The third-order valence-electron chi connectivity index (χ3n) is 10.8. The highest BCUT2D eigenvalue weighted by atomic mass is 79.9. The third-order valence-corrected chi connectivity index (χ3v) is 12.1. The van der Waals surface area contributed by atoms with Gasteiger partial charge in [-0.15, -0.1) is 0 Å². The van der Waals surface area contributed by atoms with E-state index in [4.69, 9.17) is 5.73 Å². The van der Waals surface area contributed by atoms with Gasteiger partial charge in [0.15, 0.2) is 0 Å². The van der Waals surface area contributed by atoms with Crippen molar-refractivity contribution in [2.75, 3.05) is 75.9 Å². The van der Waals surface area contributed by atoms with Gasteiger partial charge in [-0.3, -0.25) is 14.6 Å². The molecular weight excluding hydrogens is 844 g/mol. The number of carbonyl (C=O) groups is 4. The van der Waals surface area contributed by atoms with Gasteiger partial charge in [-0.1, -0.05) is 18.2 Å². The molecular formula is C40H52Br2N10O4. The maximum Gasteiger partial charge on any atom is 0.322 e. The second-order valence-corrected chi connectivity index (χ2v) is 16.7. The molecule has 300 valence electrons. The van der Waals surface area contributed by atoms with Crippen molar-refractivity contribution in [1.29, 1.82) is 0 Å². The summed E-state index contributed by atoms with van der Waals surface area (Å²) in [5.41, 5.74) is 10.4. The first kappa shape index (κ1) is 41.2. The first-order valence-electron chi connectivity index (χ1n) is 19.3. The normalized spacial score (nSPS) is 17.3. The number of nitrogens with two attached hydrogens (primary N) is 1. The number of nitrogens with one attached hydrogen (secondary N) is 3. The van der Waals surface area contributed by atoms with Crippen LogP contribution >= 0.6 is 31.9 Å². The van der Waals surface area contributed by atoms with E-state index in [1.807, 2.05) is 72.4 Å². The first-order chi connectivity index (χ1) is 27.0. The highest BCUT2D eigenvalue weighted by Gasteiger charge is 2.35. The highest BCUT2D eigenvalue weighted by Crippen LogP contribution is 2.31. The Labute approximate surface area is 345 Å². The molecule has 2 aromatic carbocycles. The van der Waals surface area contributed by atoms with Crippen LogP contribution in [0.2, 0.25) is 0 Å². The lowest BCUT2D eigenvalue weighted by Gasteiger charge is -2.40. The van der Waals surface area contributed by atoms with Crippen molar-refractivity contribution >= 4 is 72.8 Å². The van der Waals surface area contributed by atoms with E-state index in [1.165, 1.54) is 0 Å². The fourth-order valence-corrected chi connectivity index (χ4v) is 8.89. The van der Waals surface area contributed by atoms with Crippen molar-refractivity contribution in [2.45, 2.75) is 63.2 Å². The molecule has 3 aliphatic rings. The summed E-state index contributed by atoms with van der Waals surface area (Å²) < 4.78 is 1.33. The number of nitrogen functional groups attached to an aromatic ring is 1. The van der Waals surface area contributed by atoms with Gasteiger partial charge in [0.2, 0.25) is 11.8 Å². The number of hydrogen-bond donors (Lipinski definition) is 4. The summed E-state index contributed by atoms with van der Waals surface area (Å²) in [4.78, 5) is 69.2. The predicted octanol–water partition coefficient (Wildman–Crippen LogP) is 4.89. The number of hydrogen-bond acceptors (Lipinski definition) is 8. The third kappa shape index (κ3) is 10.5. The summed E-state index contributed by atoms with van der Waals surface area (Å²) in [5.74, 6) is -0.547. The van der Waals surface area contributed by atoms with E-state index in [1.54, 1.807) is 17.3 Å². The van der Waals surface area contributed by atoms with Gasteiger partial charge in [-0.05, 0) is 126 Å². The Morgan fingerprint density at radius 1 is 0.911 bits per heavy atom. The number of pyridine rings is 1. The average Bonchev–Trinajstić information content (AvgIpc) is 3.20. The second kappa shape index (κ2) is 19.2. The minimum absolute atomic E-state index is 0.0261. The SMILES string of the molecule is CN(C)CCCC[C@H](NC(=O)[C@@H](Cc1cc(Br)c(N)c(Br)c1)NC(=O)N1CCC(N2Cc3ccccc3NC2=O)CC1)C(=O)N1CCN(c2ccncc2)CC1. The summed E-state index contributed by atoms with van der Waals surface area (Å²) in [6.07, 6.45) is 7.01. The number of unbranched alkanes of at least 4 members (excludes halogenated alkanes) is 1. The minimum Gasteiger partial charge on any atom is -0.397 e. The number of para-hydroxylation sites is 1. The molecule has 2 atom stereocenters. The quantitative estimate of drug-likeness (QED) is 0.140. The Morgan fingerprint density at radius 3 is 2.27 bits per heavy atom. The Kier molecular flexibility index (Phi) is 14.1. The van der Waals surface area contributed by atoms with E-state index >= 15 is 0 Å². The van der Waals surface area contributed by atoms with Gasteiger partial charge in [-0.25, -0.2) is 9.59 Å². The van der Waals surface area contributed by atoms with Crippen molar-refractivity contribution in [3.63, 3.8) is 0 Å². The van der Waals surface area contributed by atoms with Gasteiger partial charge in [-0.2, -0.15) is 0 Å². The number of piperidine rings is 1. The number of fused-ring (bicyclic) bond motifs is 1. The summed E-state index contributed by atoms with van der Waals surface area (Å²) in [7, 11) is 4.03. The highest BCUT2D eigenvalue weighted by molar-refractivity contribution is 9.11. The van der Waals surface area contributed by atoms with E-state index in [2.05, 4.69) is 62.6 Å². The second-order valence-electron chi connectivity index (χ2n) is 15.0. The molecule has 1 aromatic heterocycles. The number of halogens is 2. The van der Waals surface area contributed by atoms with E-state index in [0.29, 0.717) is 79.7 Å². The Balaban J connectivity index is 1.14. The Hall–Kier alpha value is -4.41. The van der Waals surface area contributed by atoms with Crippen LogP contribution in [0.4, 0.5) is 26.7 Å². The molecule has 0 spiro atoms. The molecule has 5 N–H and O–H groups in total. The maximum absolute atomic E-state index is 14.3. The zero-order valence-electron chi connectivity index (χ0n) is 32.1. The Morgan fingerprint density at radius 2 is 1.59 bits per heavy atom. The van der Waals surface area contributed by atoms with Gasteiger partial charge in [0.25, 0.3) is 0 Å². The average molecular weight is 897 g/mol. The van der Waals surface area contributed by atoms with E-state index in [-0.39, 0.29) is 30.4 Å². The first-order valence-corrected chi connectivity index (χ1v) is 20.9. The van der Waals surface area contributed by atoms with Crippen molar-refractivity contribution in [2.24, 2.45) is 0 Å². The molecule has 3 aliphatic heterocycles. The van der Waals surface area contributed by atoms with Gasteiger partial charge >= 0.3 is 12.1 Å². The largest absolute Gasteiger partial charge is 0.397 e. The lowest BCUT2D eigenvalue weighted by Crippen LogP contribution is -2.59. The number of anilines is 3. The predicted molar refractivity (Wildman–Crippen MR) is 225 cm³/mol. The maximum atomic E-state index is 14.3. The fourth-order valence-electron chi connectivity index (χ4n) is 7.60. The smallest absolute Gasteiger partial charge is 0.322 e. The summed E-state index contributed by atoms with van der Waals surface area (Å²) in [5, 5.41) is 9.08. The molecule has 16 heteroatoms. The van der Waals surface area contributed by atoms with Crippen LogP contribution in [0.3, 0.4) is 0 Å². The van der Waals surface area contributed by atoms with Crippen molar-refractivity contribution in [1.82, 2.24) is 35.2 Å². The molecule has 2 fully saturated rings. The molecule has 6 amide bonds.